The molecule has 0 amide bonds. The number of aromatic nitrogens is 2. The van der Waals surface area contributed by atoms with Crippen LogP contribution in [0.25, 0.3) is 0 Å². The number of nitrogens with one attached hydrogen (secondary N) is 1. The molecule has 2 heterocycles. The highest BCUT2D eigenvalue weighted by atomic mass is 35.5. The summed E-state index contributed by atoms with van der Waals surface area (Å²) in [5, 5.41) is 7.01. The zero-order valence-electron chi connectivity index (χ0n) is 9.77. The van der Waals surface area contributed by atoms with Crippen molar-refractivity contribution >= 4 is 12.4 Å². The van der Waals surface area contributed by atoms with Gasteiger partial charge in [-0.25, -0.2) is 0 Å². The molecule has 0 aliphatic carbocycles. The van der Waals surface area contributed by atoms with Gasteiger partial charge in [0.15, 0.2) is 5.82 Å². The van der Waals surface area contributed by atoms with E-state index in [2.05, 4.69) is 20.4 Å². The lowest BCUT2D eigenvalue weighted by Crippen LogP contribution is -2.24. The number of hydrogen-bond donors (Lipinski definition) is 1. The van der Waals surface area contributed by atoms with E-state index in [1.54, 1.807) is 0 Å². The Balaban J connectivity index is 0.00000128. The Hall–Kier alpha value is -0.650. The van der Waals surface area contributed by atoms with Gasteiger partial charge in [0.2, 0.25) is 5.89 Å². The van der Waals surface area contributed by atoms with Gasteiger partial charge in [-0.3, -0.25) is 4.90 Å². The molecule has 1 aliphatic rings. The molecule has 1 atom stereocenters. The molecule has 5 nitrogen and oxygen atoms in total. The largest absolute Gasteiger partial charge is 0.338 e. The summed E-state index contributed by atoms with van der Waals surface area (Å²) < 4.78 is 5.10. The van der Waals surface area contributed by atoms with Crippen LogP contribution in [0.1, 0.15) is 18.1 Å². The molecule has 1 aromatic heterocycles. The van der Waals surface area contributed by atoms with E-state index in [9.17, 15) is 0 Å². The smallest absolute Gasteiger partial charge is 0.240 e. The average Bonchev–Trinajstić information content (AvgIpc) is 2.78. The van der Waals surface area contributed by atoms with Crippen LogP contribution in [0.4, 0.5) is 0 Å². The van der Waals surface area contributed by atoms with Crippen molar-refractivity contribution in [3.8, 4) is 0 Å². The molecule has 1 aromatic rings. The van der Waals surface area contributed by atoms with Crippen molar-refractivity contribution in [1.82, 2.24) is 20.4 Å². The summed E-state index contributed by atoms with van der Waals surface area (Å²) in [5.74, 6) is 2.22. The molecule has 1 unspecified atom stereocenters. The Morgan fingerprint density at radius 1 is 1.56 bits per heavy atom. The predicted molar refractivity (Wildman–Crippen MR) is 63.6 cm³/mol. The maximum Gasteiger partial charge on any atom is 0.240 e. The van der Waals surface area contributed by atoms with Gasteiger partial charge in [-0.1, -0.05) is 5.16 Å². The van der Waals surface area contributed by atoms with Crippen LogP contribution in [0.3, 0.4) is 0 Å². The van der Waals surface area contributed by atoms with E-state index in [0.717, 1.165) is 43.8 Å². The SMILES string of the molecule is CNCC1CCN(Cc2nc(C)no2)C1.Cl. The monoisotopic (exact) mass is 246 g/mol. The summed E-state index contributed by atoms with van der Waals surface area (Å²) in [6.45, 7) is 6.00. The first-order valence-corrected chi connectivity index (χ1v) is 5.44. The van der Waals surface area contributed by atoms with Gasteiger partial charge in [-0.2, -0.15) is 4.98 Å². The third-order valence-corrected chi connectivity index (χ3v) is 2.79. The molecule has 1 fully saturated rings. The van der Waals surface area contributed by atoms with Crippen LogP contribution < -0.4 is 5.32 Å². The van der Waals surface area contributed by atoms with E-state index in [4.69, 9.17) is 4.52 Å². The first-order valence-electron chi connectivity index (χ1n) is 5.44. The summed E-state index contributed by atoms with van der Waals surface area (Å²) in [6, 6.07) is 0. The van der Waals surface area contributed by atoms with E-state index >= 15 is 0 Å². The minimum Gasteiger partial charge on any atom is -0.338 e. The van der Waals surface area contributed by atoms with E-state index < -0.39 is 0 Å². The molecule has 0 spiro atoms. The molecule has 1 saturated heterocycles. The zero-order valence-corrected chi connectivity index (χ0v) is 10.6. The van der Waals surface area contributed by atoms with Crippen LogP contribution in [-0.4, -0.2) is 41.7 Å². The molecule has 92 valence electrons. The van der Waals surface area contributed by atoms with E-state index in [1.165, 1.54) is 6.42 Å². The van der Waals surface area contributed by atoms with Crippen LogP contribution in [0.15, 0.2) is 4.52 Å². The third-order valence-electron chi connectivity index (χ3n) is 2.79. The topological polar surface area (TPSA) is 54.2 Å². The van der Waals surface area contributed by atoms with Crippen molar-refractivity contribution in [3.63, 3.8) is 0 Å². The van der Waals surface area contributed by atoms with Crippen LogP contribution in [0.5, 0.6) is 0 Å². The molecule has 0 saturated carbocycles. The number of hydrogen-bond acceptors (Lipinski definition) is 5. The Morgan fingerprint density at radius 2 is 2.38 bits per heavy atom. The summed E-state index contributed by atoms with van der Waals surface area (Å²) in [7, 11) is 2.00. The standard InChI is InChI=1S/C10H18N4O.ClH/c1-8-12-10(15-13-8)7-14-4-3-9(6-14)5-11-2;/h9,11H,3-7H2,1-2H3;1H. The molecule has 1 N–H and O–H groups in total. The van der Waals surface area contributed by atoms with Crippen molar-refractivity contribution in [2.45, 2.75) is 19.9 Å². The van der Waals surface area contributed by atoms with Gasteiger partial charge in [0.25, 0.3) is 0 Å². The quantitative estimate of drug-likeness (QED) is 0.853. The number of halogens is 1. The molecule has 1 aliphatic heterocycles. The predicted octanol–water partition coefficient (Wildman–Crippen LogP) is 0.841. The van der Waals surface area contributed by atoms with Crippen LogP contribution >= 0.6 is 12.4 Å². The third kappa shape index (κ3) is 3.43. The van der Waals surface area contributed by atoms with Crippen molar-refractivity contribution in [3.05, 3.63) is 11.7 Å². The Bertz CT molecular complexity index is 318. The van der Waals surface area contributed by atoms with Crippen molar-refractivity contribution in [1.29, 1.82) is 0 Å². The average molecular weight is 247 g/mol. The van der Waals surface area contributed by atoms with Gasteiger partial charge in [-0.15, -0.1) is 12.4 Å². The van der Waals surface area contributed by atoms with Gasteiger partial charge < -0.3 is 9.84 Å². The maximum atomic E-state index is 5.10. The Labute approximate surface area is 102 Å². The van der Waals surface area contributed by atoms with Gasteiger partial charge in [-0.05, 0) is 39.4 Å². The second kappa shape index (κ2) is 6.18. The molecular weight excluding hydrogens is 228 g/mol. The second-order valence-electron chi connectivity index (χ2n) is 4.18. The van der Waals surface area contributed by atoms with Crippen LogP contribution in [0, 0.1) is 12.8 Å². The summed E-state index contributed by atoms with van der Waals surface area (Å²) >= 11 is 0. The molecule has 0 bridgehead atoms. The fraction of sp³-hybridized carbons (Fsp3) is 0.800. The van der Waals surface area contributed by atoms with Gasteiger partial charge in [0, 0.05) is 6.54 Å². The lowest BCUT2D eigenvalue weighted by Gasteiger charge is -2.12. The van der Waals surface area contributed by atoms with Crippen molar-refractivity contribution in [2.75, 3.05) is 26.7 Å². The van der Waals surface area contributed by atoms with Crippen molar-refractivity contribution < 1.29 is 4.52 Å². The highest BCUT2D eigenvalue weighted by Crippen LogP contribution is 2.17. The minimum atomic E-state index is 0. The Kier molecular flexibility index (Phi) is 5.18. The zero-order chi connectivity index (χ0) is 10.7. The molecule has 0 radical (unpaired) electrons. The summed E-state index contributed by atoms with van der Waals surface area (Å²) in [6.07, 6.45) is 1.26. The van der Waals surface area contributed by atoms with Gasteiger partial charge >= 0.3 is 0 Å². The lowest BCUT2D eigenvalue weighted by atomic mass is 10.1. The fourth-order valence-electron chi connectivity index (χ4n) is 2.11. The molecule has 2 rings (SSSR count). The molecular formula is C10H19ClN4O. The molecule has 16 heavy (non-hydrogen) atoms. The van der Waals surface area contributed by atoms with E-state index in [1.807, 2.05) is 14.0 Å². The van der Waals surface area contributed by atoms with E-state index in [0.29, 0.717) is 0 Å². The summed E-state index contributed by atoms with van der Waals surface area (Å²) in [5.41, 5.74) is 0. The van der Waals surface area contributed by atoms with Crippen molar-refractivity contribution in [2.24, 2.45) is 5.92 Å². The van der Waals surface area contributed by atoms with E-state index in [-0.39, 0.29) is 12.4 Å². The highest BCUT2D eigenvalue weighted by Gasteiger charge is 2.23. The fourth-order valence-corrected chi connectivity index (χ4v) is 2.11. The van der Waals surface area contributed by atoms with Crippen LogP contribution in [0.2, 0.25) is 0 Å². The Morgan fingerprint density at radius 3 is 3.00 bits per heavy atom. The van der Waals surface area contributed by atoms with Gasteiger partial charge in [0.05, 0.1) is 6.54 Å². The highest BCUT2D eigenvalue weighted by molar-refractivity contribution is 5.85. The summed E-state index contributed by atoms with van der Waals surface area (Å²) in [4.78, 5) is 6.58. The first kappa shape index (κ1) is 13.4. The second-order valence-corrected chi connectivity index (χ2v) is 4.18. The minimum absolute atomic E-state index is 0. The van der Waals surface area contributed by atoms with Gasteiger partial charge in [0.1, 0.15) is 0 Å². The van der Waals surface area contributed by atoms with Crippen LogP contribution in [-0.2, 0) is 6.54 Å². The number of rotatable bonds is 4. The number of aryl methyl sites for hydroxylation is 1. The normalized spacial score (nSPS) is 21.0. The maximum absolute atomic E-state index is 5.10. The molecule has 6 heteroatoms. The lowest BCUT2D eigenvalue weighted by molar-refractivity contribution is 0.259. The number of nitrogens with zero attached hydrogens (tertiary/aromatic N) is 3. The molecule has 0 aromatic carbocycles. The first-order chi connectivity index (χ1) is 7.28. The number of likely N-dealkylation sites (tertiary alicyclic amines) is 1.